The number of methoxy groups -OCH3 is 1. The van der Waals surface area contributed by atoms with Gasteiger partial charge in [-0.2, -0.15) is 5.26 Å². The summed E-state index contributed by atoms with van der Waals surface area (Å²) in [5.41, 5.74) is 3.63. The number of halogens is 1. The molecule has 1 aromatic heterocycles. The number of fused-ring (bicyclic) bond motifs is 1. The number of hydrogen-bond donors (Lipinski definition) is 0. The summed E-state index contributed by atoms with van der Waals surface area (Å²) in [5, 5.41) is 9.41. The molecular weight excluding hydrogens is 224 g/mol. The van der Waals surface area contributed by atoms with Crippen LogP contribution in [0, 0.1) is 11.3 Å². The van der Waals surface area contributed by atoms with E-state index in [0.717, 1.165) is 36.9 Å². The molecule has 0 aliphatic heterocycles. The molecule has 2 rings (SSSR count). The van der Waals surface area contributed by atoms with Gasteiger partial charge >= 0.3 is 0 Å². The molecule has 16 heavy (non-hydrogen) atoms. The molecule has 4 heteroatoms. The Kier molecular flexibility index (Phi) is 3.42. The number of pyridine rings is 1. The molecule has 0 radical (unpaired) electrons. The summed E-state index contributed by atoms with van der Waals surface area (Å²) in [7, 11) is 1.63. The second-order valence-corrected chi connectivity index (χ2v) is 4.29. The van der Waals surface area contributed by atoms with Crippen LogP contribution in [0.15, 0.2) is 0 Å². The average Bonchev–Trinajstić information content (AvgIpc) is 2.29. The molecular formula is C12H13ClN2O. The SMILES string of the molecule is COCc1c(C#N)c(Cl)nc2c1CCCC2. The first-order valence-corrected chi connectivity index (χ1v) is 5.75. The van der Waals surface area contributed by atoms with Crippen molar-refractivity contribution in [3.63, 3.8) is 0 Å². The van der Waals surface area contributed by atoms with Crippen molar-refractivity contribution >= 4 is 11.6 Å². The molecule has 0 N–H and O–H groups in total. The zero-order valence-corrected chi connectivity index (χ0v) is 9.97. The molecule has 1 heterocycles. The Balaban J connectivity index is 2.60. The Labute approximate surface area is 100 Å². The van der Waals surface area contributed by atoms with Crippen molar-refractivity contribution in [1.29, 1.82) is 5.26 Å². The number of ether oxygens (including phenoxy) is 1. The summed E-state index contributed by atoms with van der Waals surface area (Å²) in [4.78, 5) is 4.31. The second kappa shape index (κ2) is 4.82. The summed E-state index contributed by atoms with van der Waals surface area (Å²) in [6.07, 6.45) is 4.23. The van der Waals surface area contributed by atoms with E-state index in [0.29, 0.717) is 17.3 Å². The highest BCUT2D eigenvalue weighted by molar-refractivity contribution is 6.30. The predicted molar refractivity (Wildman–Crippen MR) is 61.3 cm³/mol. The third-order valence-corrected chi connectivity index (χ3v) is 3.22. The molecule has 0 spiro atoms. The summed E-state index contributed by atoms with van der Waals surface area (Å²) in [6, 6.07) is 2.12. The van der Waals surface area contributed by atoms with Gasteiger partial charge in [0.2, 0.25) is 0 Å². The normalized spacial score (nSPS) is 14.3. The topological polar surface area (TPSA) is 45.9 Å². The molecule has 0 atom stereocenters. The molecule has 1 aromatic rings. The van der Waals surface area contributed by atoms with Crippen molar-refractivity contribution in [3.8, 4) is 6.07 Å². The Morgan fingerprint density at radius 2 is 2.19 bits per heavy atom. The van der Waals surface area contributed by atoms with Crippen molar-refractivity contribution in [3.05, 3.63) is 27.5 Å². The fourth-order valence-electron chi connectivity index (χ4n) is 2.20. The van der Waals surface area contributed by atoms with Crippen LogP contribution in [0.25, 0.3) is 0 Å². The van der Waals surface area contributed by atoms with Gasteiger partial charge in [-0.3, -0.25) is 0 Å². The van der Waals surface area contributed by atoms with Crippen LogP contribution in [-0.4, -0.2) is 12.1 Å². The van der Waals surface area contributed by atoms with E-state index >= 15 is 0 Å². The average molecular weight is 237 g/mol. The van der Waals surface area contributed by atoms with Crippen molar-refractivity contribution < 1.29 is 4.74 Å². The maximum absolute atomic E-state index is 9.10. The molecule has 1 aliphatic carbocycles. The predicted octanol–water partition coefficient (Wildman–Crippen LogP) is 2.63. The molecule has 1 aliphatic rings. The molecule has 0 fully saturated rings. The van der Waals surface area contributed by atoms with Crippen LogP contribution < -0.4 is 0 Å². The van der Waals surface area contributed by atoms with Gasteiger partial charge in [0.1, 0.15) is 11.2 Å². The minimum Gasteiger partial charge on any atom is -0.380 e. The minimum absolute atomic E-state index is 0.315. The van der Waals surface area contributed by atoms with Gasteiger partial charge in [0.05, 0.1) is 12.2 Å². The van der Waals surface area contributed by atoms with Gasteiger partial charge in [-0.15, -0.1) is 0 Å². The van der Waals surface area contributed by atoms with E-state index in [9.17, 15) is 0 Å². The van der Waals surface area contributed by atoms with E-state index in [4.69, 9.17) is 21.6 Å². The fourth-order valence-corrected chi connectivity index (χ4v) is 2.46. The van der Waals surface area contributed by atoms with Gasteiger partial charge in [-0.05, 0) is 31.2 Å². The lowest BCUT2D eigenvalue weighted by Crippen LogP contribution is -2.12. The van der Waals surface area contributed by atoms with Gasteiger partial charge in [0.25, 0.3) is 0 Å². The van der Waals surface area contributed by atoms with Crippen LogP contribution in [0.2, 0.25) is 5.15 Å². The maximum atomic E-state index is 9.10. The van der Waals surface area contributed by atoms with Crippen LogP contribution in [-0.2, 0) is 24.2 Å². The van der Waals surface area contributed by atoms with Gasteiger partial charge in [0, 0.05) is 18.4 Å². The molecule has 3 nitrogen and oxygen atoms in total. The molecule has 0 saturated heterocycles. The lowest BCUT2D eigenvalue weighted by atomic mass is 9.90. The number of nitriles is 1. The van der Waals surface area contributed by atoms with E-state index < -0.39 is 0 Å². The number of hydrogen-bond acceptors (Lipinski definition) is 3. The number of aryl methyl sites for hydroxylation is 1. The second-order valence-electron chi connectivity index (χ2n) is 3.93. The summed E-state index contributed by atoms with van der Waals surface area (Å²) < 4.78 is 5.15. The highest BCUT2D eigenvalue weighted by atomic mass is 35.5. The summed E-state index contributed by atoms with van der Waals surface area (Å²) in [5.74, 6) is 0. The van der Waals surface area contributed by atoms with Crippen molar-refractivity contribution in [2.24, 2.45) is 0 Å². The third-order valence-electron chi connectivity index (χ3n) is 2.94. The Morgan fingerprint density at radius 3 is 2.88 bits per heavy atom. The Morgan fingerprint density at radius 1 is 1.44 bits per heavy atom. The van der Waals surface area contributed by atoms with E-state index in [-0.39, 0.29) is 0 Å². The molecule has 0 aromatic carbocycles. The molecule has 84 valence electrons. The van der Waals surface area contributed by atoms with Gasteiger partial charge < -0.3 is 4.74 Å². The molecule has 0 amide bonds. The van der Waals surface area contributed by atoms with E-state index in [1.54, 1.807) is 7.11 Å². The zero-order chi connectivity index (χ0) is 11.5. The zero-order valence-electron chi connectivity index (χ0n) is 9.22. The molecule has 0 bridgehead atoms. The first kappa shape index (κ1) is 11.4. The maximum Gasteiger partial charge on any atom is 0.147 e. The van der Waals surface area contributed by atoms with Crippen LogP contribution in [0.4, 0.5) is 0 Å². The lowest BCUT2D eigenvalue weighted by Gasteiger charge is -2.19. The molecule has 0 unspecified atom stereocenters. The number of nitrogens with zero attached hydrogens (tertiary/aromatic N) is 2. The Hall–Kier alpha value is -1.11. The van der Waals surface area contributed by atoms with Gasteiger partial charge in [-0.1, -0.05) is 11.6 Å². The smallest absolute Gasteiger partial charge is 0.147 e. The summed E-state index contributed by atoms with van der Waals surface area (Å²) in [6.45, 7) is 0.438. The van der Waals surface area contributed by atoms with Crippen LogP contribution in [0.5, 0.6) is 0 Å². The Bertz CT molecular complexity index is 451. The van der Waals surface area contributed by atoms with E-state index in [1.165, 1.54) is 5.56 Å². The van der Waals surface area contributed by atoms with E-state index in [2.05, 4.69) is 11.1 Å². The van der Waals surface area contributed by atoms with Gasteiger partial charge in [0.15, 0.2) is 0 Å². The third kappa shape index (κ3) is 1.91. The summed E-state index contributed by atoms with van der Waals surface area (Å²) >= 11 is 6.01. The quantitative estimate of drug-likeness (QED) is 0.742. The van der Waals surface area contributed by atoms with Gasteiger partial charge in [-0.25, -0.2) is 4.98 Å². The van der Waals surface area contributed by atoms with Crippen molar-refractivity contribution in [1.82, 2.24) is 4.98 Å². The van der Waals surface area contributed by atoms with Crippen molar-refractivity contribution in [2.45, 2.75) is 32.3 Å². The van der Waals surface area contributed by atoms with Crippen LogP contribution >= 0.6 is 11.6 Å². The fraction of sp³-hybridized carbons (Fsp3) is 0.500. The number of rotatable bonds is 2. The van der Waals surface area contributed by atoms with Crippen molar-refractivity contribution in [2.75, 3.05) is 7.11 Å². The first-order valence-electron chi connectivity index (χ1n) is 5.37. The largest absolute Gasteiger partial charge is 0.380 e. The highest BCUT2D eigenvalue weighted by Crippen LogP contribution is 2.29. The highest BCUT2D eigenvalue weighted by Gasteiger charge is 2.20. The monoisotopic (exact) mass is 236 g/mol. The minimum atomic E-state index is 0.315. The standard InChI is InChI=1S/C12H13ClN2O/c1-16-7-10-8-4-2-3-5-11(8)15-12(13)9(10)6-14/h2-5,7H2,1H3. The number of aromatic nitrogens is 1. The first-order chi connectivity index (χ1) is 7.77. The molecule has 0 saturated carbocycles. The van der Waals surface area contributed by atoms with E-state index in [1.807, 2.05) is 0 Å². The van der Waals surface area contributed by atoms with Crippen LogP contribution in [0.3, 0.4) is 0 Å². The van der Waals surface area contributed by atoms with Crippen LogP contribution in [0.1, 0.15) is 35.2 Å². The lowest BCUT2D eigenvalue weighted by molar-refractivity contribution is 0.183.